The zero-order valence-electron chi connectivity index (χ0n) is 15.3. The molecule has 0 bridgehead atoms. The monoisotopic (exact) mass is 325 g/mol. The Morgan fingerprint density at radius 3 is 2.58 bits per heavy atom. The van der Waals surface area contributed by atoms with Crippen LogP contribution in [-0.4, -0.2) is 12.5 Å². The lowest BCUT2D eigenvalue weighted by atomic mass is 9.95. The molecule has 2 atom stereocenters. The van der Waals surface area contributed by atoms with Gasteiger partial charge in [-0.15, -0.1) is 0 Å². The van der Waals surface area contributed by atoms with Gasteiger partial charge in [0.05, 0.1) is 0 Å². The smallest absolute Gasteiger partial charge is 0.223 e. The van der Waals surface area contributed by atoms with Gasteiger partial charge in [0.15, 0.2) is 0 Å². The average molecular weight is 325 g/mol. The Labute approximate surface area is 146 Å². The van der Waals surface area contributed by atoms with Crippen molar-refractivity contribution in [2.75, 3.05) is 6.54 Å². The van der Waals surface area contributed by atoms with E-state index in [9.17, 15) is 4.79 Å². The van der Waals surface area contributed by atoms with E-state index >= 15 is 0 Å². The molecule has 2 heteroatoms. The first-order valence-electron chi connectivity index (χ1n) is 9.40. The SMILES string of the molecule is CCCC[C@@H](CC)CNC(=O)[C@@H](C)Cc1cccc2ccccc12. The summed E-state index contributed by atoms with van der Waals surface area (Å²) in [6.45, 7) is 7.28. The molecule has 2 aromatic carbocycles. The molecule has 0 aliphatic rings. The highest BCUT2D eigenvalue weighted by molar-refractivity contribution is 5.86. The van der Waals surface area contributed by atoms with Crippen molar-refractivity contribution in [1.82, 2.24) is 5.32 Å². The average Bonchev–Trinajstić information content (AvgIpc) is 2.62. The molecule has 0 saturated heterocycles. The van der Waals surface area contributed by atoms with Crippen LogP contribution in [0.1, 0.15) is 52.0 Å². The van der Waals surface area contributed by atoms with E-state index in [4.69, 9.17) is 0 Å². The second kappa shape index (κ2) is 9.46. The van der Waals surface area contributed by atoms with Crippen LogP contribution >= 0.6 is 0 Å². The van der Waals surface area contributed by atoms with E-state index in [-0.39, 0.29) is 11.8 Å². The third-order valence-electron chi connectivity index (χ3n) is 4.96. The summed E-state index contributed by atoms with van der Waals surface area (Å²) >= 11 is 0. The summed E-state index contributed by atoms with van der Waals surface area (Å²) in [7, 11) is 0. The minimum atomic E-state index is -0.000475. The van der Waals surface area contributed by atoms with E-state index < -0.39 is 0 Å². The van der Waals surface area contributed by atoms with Gasteiger partial charge in [-0.1, -0.05) is 82.5 Å². The minimum Gasteiger partial charge on any atom is -0.356 e. The van der Waals surface area contributed by atoms with Gasteiger partial charge in [0.25, 0.3) is 0 Å². The van der Waals surface area contributed by atoms with Gasteiger partial charge in [0.1, 0.15) is 0 Å². The lowest BCUT2D eigenvalue weighted by molar-refractivity contribution is -0.124. The fraction of sp³-hybridized carbons (Fsp3) is 0.500. The van der Waals surface area contributed by atoms with Gasteiger partial charge in [-0.25, -0.2) is 0 Å². The van der Waals surface area contributed by atoms with Crippen molar-refractivity contribution in [2.45, 2.75) is 52.9 Å². The number of rotatable bonds is 9. The molecule has 0 spiro atoms. The topological polar surface area (TPSA) is 29.1 Å². The quantitative estimate of drug-likeness (QED) is 0.661. The van der Waals surface area contributed by atoms with E-state index in [1.165, 1.54) is 35.6 Å². The lowest BCUT2D eigenvalue weighted by Gasteiger charge is -2.18. The van der Waals surface area contributed by atoms with Gasteiger partial charge in [-0.3, -0.25) is 4.79 Å². The number of hydrogen-bond donors (Lipinski definition) is 1. The van der Waals surface area contributed by atoms with Crippen LogP contribution in [-0.2, 0) is 11.2 Å². The van der Waals surface area contributed by atoms with Crippen molar-refractivity contribution in [1.29, 1.82) is 0 Å². The molecule has 2 aromatic rings. The number of nitrogens with one attached hydrogen (secondary N) is 1. The van der Waals surface area contributed by atoms with E-state index in [2.05, 4.69) is 61.6 Å². The molecule has 0 aliphatic heterocycles. The summed E-state index contributed by atoms with van der Waals surface area (Å²) in [6.07, 6.45) is 5.61. The first-order valence-corrected chi connectivity index (χ1v) is 9.40. The lowest BCUT2D eigenvalue weighted by Crippen LogP contribution is -2.34. The molecule has 1 N–H and O–H groups in total. The van der Waals surface area contributed by atoms with Crippen LogP contribution < -0.4 is 5.32 Å². The Balaban J connectivity index is 1.93. The maximum Gasteiger partial charge on any atom is 0.223 e. The molecule has 0 unspecified atom stereocenters. The van der Waals surface area contributed by atoms with Gasteiger partial charge in [0, 0.05) is 12.5 Å². The number of carbonyl (C=O) groups excluding carboxylic acids is 1. The third kappa shape index (κ3) is 5.09. The molecule has 2 rings (SSSR count). The summed E-state index contributed by atoms with van der Waals surface area (Å²) in [5.74, 6) is 0.788. The molecule has 0 aliphatic carbocycles. The van der Waals surface area contributed by atoms with Gasteiger partial charge in [0.2, 0.25) is 5.91 Å². The van der Waals surface area contributed by atoms with Gasteiger partial charge >= 0.3 is 0 Å². The molecular weight excluding hydrogens is 294 g/mol. The molecule has 1 amide bonds. The standard InChI is InChI=1S/C22H31NO/c1-4-6-10-18(5-2)16-23-22(24)17(3)15-20-13-9-12-19-11-7-8-14-21(19)20/h7-9,11-14,17-18H,4-6,10,15-16H2,1-3H3,(H,23,24)/t17-,18+/m0/s1. The first kappa shape index (κ1) is 18.5. The van der Waals surface area contributed by atoms with Crippen LogP contribution in [0.15, 0.2) is 42.5 Å². The highest BCUT2D eigenvalue weighted by atomic mass is 16.1. The molecular formula is C22H31NO. The predicted octanol–water partition coefficient (Wildman–Crippen LogP) is 5.35. The molecule has 24 heavy (non-hydrogen) atoms. The minimum absolute atomic E-state index is 0.000475. The number of carbonyl (C=O) groups is 1. The van der Waals surface area contributed by atoms with Crippen LogP contribution in [0.3, 0.4) is 0 Å². The second-order valence-electron chi connectivity index (χ2n) is 6.91. The highest BCUT2D eigenvalue weighted by Crippen LogP contribution is 2.21. The number of amides is 1. The Hall–Kier alpha value is -1.83. The van der Waals surface area contributed by atoms with Gasteiger partial charge in [-0.05, 0) is 35.1 Å². The van der Waals surface area contributed by atoms with Gasteiger partial charge in [-0.2, -0.15) is 0 Å². The van der Waals surface area contributed by atoms with Gasteiger partial charge < -0.3 is 5.32 Å². The maximum absolute atomic E-state index is 12.5. The number of benzene rings is 2. The van der Waals surface area contributed by atoms with E-state index in [1.54, 1.807) is 0 Å². The Morgan fingerprint density at radius 2 is 1.83 bits per heavy atom. The Morgan fingerprint density at radius 1 is 1.08 bits per heavy atom. The number of fused-ring (bicyclic) bond motifs is 1. The van der Waals surface area contributed by atoms with Crippen molar-refractivity contribution in [3.8, 4) is 0 Å². The maximum atomic E-state index is 12.5. The summed E-state index contributed by atoms with van der Waals surface area (Å²) in [4.78, 5) is 12.5. The summed E-state index contributed by atoms with van der Waals surface area (Å²) in [5, 5.41) is 5.67. The van der Waals surface area contributed by atoms with Crippen LogP contribution in [0.25, 0.3) is 10.8 Å². The van der Waals surface area contributed by atoms with E-state index in [0.29, 0.717) is 5.92 Å². The molecule has 130 valence electrons. The zero-order chi connectivity index (χ0) is 17.4. The predicted molar refractivity (Wildman–Crippen MR) is 103 cm³/mol. The molecule has 0 fully saturated rings. The van der Waals surface area contributed by atoms with Crippen molar-refractivity contribution in [3.05, 3.63) is 48.0 Å². The second-order valence-corrected chi connectivity index (χ2v) is 6.91. The summed E-state index contributed by atoms with van der Waals surface area (Å²) in [6, 6.07) is 14.8. The van der Waals surface area contributed by atoms with Crippen molar-refractivity contribution < 1.29 is 4.79 Å². The third-order valence-corrected chi connectivity index (χ3v) is 4.96. The Bertz CT molecular complexity index is 644. The number of unbranched alkanes of at least 4 members (excludes halogenated alkanes) is 1. The molecule has 2 nitrogen and oxygen atoms in total. The number of hydrogen-bond acceptors (Lipinski definition) is 1. The largest absolute Gasteiger partial charge is 0.356 e. The highest BCUT2D eigenvalue weighted by Gasteiger charge is 2.16. The van der Waals surface area contributed by atoms with E-state index in [1.807, 2.05) is 6.92 Å². The normalized spacial score (nSPS) is 13.6. The molecule has 0 saturated carbocycles. The van der Waals surface area contributed by atoms with Crippen LogP contribution in [0.5, 0.6) is 0 Å². The fourth-order valence-electron chi connectivity index (χ4n) is 3.26. The fourth-order valence-corrected chi connectivity index (χ4v) is 3.26. The molecule has 0 heterocycles. The van der Waals surface area contributed by atoms with Crippen LogP contribution in [0.4, 0.5) is 0 Å². The van der Waals surface area contributed by atoms with Crippen molar-refractivity contribution in [2.24, 2.45) is 11.8 Å². The van der Waals surface area contributed by atoms with E-state index in [0.717, 1.165) is 19.4 Å². The summed E-state index contributed by atoms with van der Waals surface area (Å²) < 4.78 is 0. The molecule has 0 radical (unpaired) electrons. The summed E-state index contributed by atoms with van der Waals surface area (Å²) in [5.41, 5.74) is 1.26. The van der Waals surface area contributed by atoms with Crippen LogP contribution in [0, 0.1) is 11.8 Å². The first-order chi connectivity index (χ1) is 11.7. The molecule has 0 aromatic heterocycles. The van der Waals surface area contributed by atoms with Crippen molar-refractivity contribution in [3.63, 3.8) is 0 Å². The zero-order valence-corrected chi connectivity index (χ0v) is 15.3. The van der Waals surface area contributed by atoms with Crippen molar-refractivity contribution >= 4 is 16.7 Å². The van der Waals surface area contributed by atoms with Crippen LogP contribution in [0.2, 0.25) is 0 Å². The Kier molecular flexibility index (Phi) is 7.30.